The maximum atomic E-state index is 12.8. The largest absolute Gasteiger partial charge is 0.342 e. The Morgan fingerprint density at radius 3 is 2.77 bits per heavy atom. The highest BCUT2D eigenvalue weighted by molar-refractivity contribution is 5.79. The van der Waals surface area contributed by atoms with E-state index in [1.807, 2.05) is 11.0 Å². The van der Waals surface area contributed by atoms with E-state index in [1.54, 1.807) is 24.8 Å². The van der Waals surface area contributed by atoms with Crippen molar-refractivity contribution in [2.75, 3.05) is 18.4 Å². The van der Waals surface area contributed by atoms with Crippen LogP contribution in [0.25, 0.3) is 0 Å². The molecule has 7 nitrogen and oxygen atoms in total. The second-order valence-corrected chi connectivity index (χ2v) is 7.13. The maximum absolute atomic E-state index is 12.8. The van der Waals surface area contributed by atoms with E-state index in [9.17, 15) is 4.79 Å². The Hall–Kier alpha value is -2.57. The minimum absolute atomic E-state index is 0.238. The summed E-state index contributed by atoms with van der Waals surface area (Å²) in [5.74, 6) is 1.99. The molecule has 3 heterocycles. The molecule has 2 aromatic heterocycles. The Morgan fingerprint density at radius 1 is 1.08 bits per heavy atom. The van der Waals surface area contributed by atoms with Crippen molar-refractivity contribution >= 4 is 17.7 Å². The van der Waals surface area contributed by atoms with Crippen LogP contribution in [0.4, 0.5) is 11.8 Å². The minimum Gasteiger partial charge on any atom is -0.342 e. The highest BCUT2D eigenvalue weighted by Gasteiger charge is 2.32. The van der Waals surface area contributed by atoms with E-state index in [4.69, 9.17) is 0 Å². The molecule has 7 heteroatoms. The third-order valence-electron chi connectivity index (χ3n) is 5.35. The minimum atomic E-state index is 0.238. The van der Waals surface area contributed by atoms with Gasteiger partial charge in [0.1, 0.15) is 0 Å². The van der Waals surface area contributed by atoms with Crippen LogP contribution in [0.2, 0.25) is 0 Å². The molecule has 1 unspecified atom stereocenters. The van der Waals surface area contributed by atoms with Gasteiger partial charge in [0.2, 0.25) is 11.9 Å². The highest BCUT2D eigenvalue weighted by atomic mass is 16.2. The molecule has 0 bridgehead atoms. The molecular formula is C19H24N6O. The fraction of sp³-hybridized carbons (Fsp3) is 0.526. The van der Waals surface area contributed by atoms with Gasteiger partial charge in [0.25, 0.3) is 0 Å². The number of amides is 1. The quantitative estimate of drug-likeness (QED) is 0.911. The van der Waals surface area contributed by atoms with Gasteiger partial charge in [0.05, 0.1) is 11.9 Å². The molecule has 2 aliphatic rings. The normalized spacial score (nSPS) is 20.9. The van der Waals surface area contributed by atoms with E-state index in [0.29, 0.717) is 17.7 Å². The Labute approximate surface area is 153 Å². The number of carbonyl (C=O) groups is 1. The average Bonchev–Trinajstić information content (AvgIpc) is 3.19. The van der Waals surface area contributed by atoms with Crippen LogP contribution in [0.1, 0.15) is 50.1 Å². The maximum Gasteiger partial charge on any atom is 0.228 e. The van der Waals surface area contributed by atoms with Crippen molar-refractivity contribution in [1.29, 1.82) is 0 Å². The Bertz CT molecular complexity index is 747. The number of rotatable bonds is 4. The molecule has 2 fully saturated rings. The molecule has 1 N–H and O–H groups in total. The van der Waals surface area contributed by atoms with Gasteiger partial charge in [-0.15, -0.1) is 0 Å². The second kappa shape index (κ2) is 7.76. The SMILES string of the molecule is O=C(C1CCCCC1)N1CCC(c2ccnc(Nc3cnccn3)n2)C1. The summed E-state index contributed by atoms with van der Waals surface area (Å²) in [6.45, 7) is 1.59. The van der Waals surface area contributed by atoms with Crippen LogP contribution in [0.15, 0.2) is 30.9 Å². The lowest BCUT2D eigenvalue weighted by Crippen LogP contribution is -2.35. The van der Waals surface area contributed by atoms with E-state index >= 15 is 0 Å². The van der Waals surface area contributed by atoms with Crippen molar-refractivity contribution in [3.8, 4) is 0 Å². The lowest BCUT2D eigenvalue weighted by molar-refractivity contribution is -0.135. The van der Waals surface area contributed by atoms with Crippen LogP contribution in [-0.2, 0) is 4.79 Å². The molecule has 1 saturated carbocycles. The first-order valence-corrected chi connectivity index (χ1v) is 9.44. The number of hydrogen-bond donors (Lipinski definition) is 1. The molecule has 136 valence electrons. The van der Waals surface area contributed by atoms with Crippen molar-refractivity contribution in [1.82, 2.24) is 24.8 Å². The monoisotopic (exact) mass is 352 g/mol. The van der Waals surface area contributed by atoms with Crippen LogP contribution in [0.3, 0.4) is 0 Å². The molecule has 0 spiro atoms. The molecule has 1 atom stereocenters. The Morgan fingerprint density at radius 2 is 1.96 bits per heavy atom. The van der Waals surface area contributed by atoms with Crippen LogP contribution >= 0.6 is 0 Å². The topological polar surface area (TPSA) is 83.9 Å². The average molecular weight is 352 g/mol. The number of nitrogens with zero attached hydrogens (tertiary/aromatic N) is 5. The lowest BCUT2D eigenvalue weighted by Gasteiger charge is -2.26. The molecule has 4 rings (SSSR count). The summed E-state index contributed by atoms with van der Waals surface area (Å²) < 4.78 is 0. The summed E-state index contributed by atoms with van der Waals surface area (Å²) in [5.41, 5.74) is 0.977. The number of carbonyl (C=O) groups excluding carboxylic acids is 1. The van der Waals surface area contributed by atoms with E-state index in [0.717, 1.165) is 38.0 Å². The zero-order valence-electron chi connectivity index (χ0n) is 14.8. The number of likely N-dealkylation sites (tertiary alicyclic amines) is 1. The van der Waals surface area contributed by atoms with E-state index in [2.05, 4.69) is 25.3 Å². The molecule has 1 aliphatic carbocycles. The van der Waals surface area contributed by atoms with Gasteiger partial charge >= 0.3 is 0 Å². The smallest absolute Gasteiger partial charge is 0.228 e. The lowest BCUT2D eigenvalue weighted by atomic mass is 9.88. The third-order valence-corrected chi connectivity index (χ3v) is 5.35. The molecule has 0 radical (unpaired) electrons. The van der Waals surface area contributed by atoms with Crippen LogP contribution < -0.4 is 5.32 Å². The zero-order valence-corrected chi connectivity index (χ0v) is 14.8. The molecule has 1 saturated heterocycles. The van der Waals surface area contributed by atoms with Gasteiger partial charge in [0.15, 0.2) is 5.82 Å². The van der Waals surface area contributed by atoms with Gasteiger partial charge in [-0.2, -0.15) is 0 Å². The van der Waals surface area contributed by atoms with Crippen molar-refractivity contribution in [2.24, 2.45) is 5.92 Å². The zero-order chi connectivity index (χ0) is 17.8. The second-order valence-electron chi connectivity index (χ2n) is 7.13. The summed E-state index contributed by atoms with van der Waals surface area (Å²) in [6.07, 6.45) is 13.4. The van der Waals surface area contributed by atoms with Crippen molar-refractivity contribution in [2.45, 2.75) is 44.4 Å². The van der Waals surface area contributed by atoms with Gasteiger partial charge in [-0.1, -0.05) is 19.3 Å². The number of nitrogens with one attached hydrogen (secondary N) is 1. The Balaban J connectivity index is 1.40. The predicted octanol–water partition coefficient (Wildman–Crippen LogP) is 2.91. The third kappa shape index (κ3) is 3.81. The molecule has 0 aromatic carbocycles. The predicted molar refractivity (Wildman–Crippen MR) is 97.9 cm³/mol. The van der Waals surface area contributed by atoms with Gasteiger partial charge in [-0.25, -0.2) is 15.0 Å². The molecule has 2 aromatic rings. The van der Waals surface area contributed by atoms with Crippen LogP contribution in [0, 0.1) is 5.92 Å². The van der Waals surface area contributed by atoms with Gasteiger partial charge in [0, 0.05) is 43.5 Å². The van der Waals surface area contributed by atoms with Crippen LogP contribution in [-0.4, -0.2) is 43.8 Å². The first-order chi connectivity index (χ1) is 12.8. The molecular weight excluding hydrogens is 328 g/mol. The van der Waals surface area contributed by atoms with Crippen molar-refractivity contribution in [3.05, 3.63) is 36.5 Å². The standard InChI is InChI=1S/C19H24N6O/c26-18(14-4-2-1-3-5-14)25-11-7-15(13-25)16-6-8-22-19(23-16)24-17-12-20-9-10-21-17/h6,8-10,12,14-15H,1-5,7,11,13H2,(H,21,22,23,24). The summed E-state index contributed by atoms with van der Waals surface area (Å²) in [6, 6.07) is 1.95. The molecule has 26 heavy (non-hydrogen) atoms. The number of hydrogen-bond acceptors (Lipinski definition) is 6. The Kier molecular flexibility index (Phi) is 5.04. The van der Waals surface area contributed by atoms with Crippen LogP contribution in [0.5, 0.6) is 0 Å². The van der Waals surface area contributed by atoms with Gasteiger partial charge in [-0.3, -0.25) is 9.78 Å². The molecule has 1 aliphatic heterocycles. The van der Waals surface area contributed by atoms with E-state index in [-0.39, 0.29) is 11.8 Å². The fourth-order valence-electron chi connectivity index (χ4n) is 3.95. The van der Waals surface area contributed by atoms with Crippen molar-refractivity contribution in [3.63, 3.8) is 0 Å². The fourth-order valence-corrected chi connectivity index (χ4v) is 3.95. The van der Waals surface area contributed by atoms with Gasteiger partial charge in [-0.05, 0) is 25.3 Å². The number of aromatic nitrogens is 4. The highest BCUT2D eigenvalue weighted by Crippen LogP contribution is 2.31. The first-order valence-electron chi connectivity index (χ1n) is 9.44. The summed E-state index contributed by atoms with van der Waals surface area (Å²) >= 11 is 0. The summed E-state index contributed by atoms with van der Waals surface area (Å²) in [7, 11) is 0. The number of anilines is 2. The van der Waals surface area contributed by atoms with Gasteiger partial charge < -0.3 is 10.2 Å². The van der Waals surface area contributed by atoms with E-state index in [1.165, 1.54) is 19.3 Å². The summed E-state index contributed by atoms with van der Waals surface area (Å²) in [5, 5.41) is 3.08. The molecule has 1 amide bonds. The first kappa shape index (κ1) is 16.9. The van der Waals surface area contributed by atoms with E-state index < -0.39 is 0 Å². The van der Waals surface area contributed by atoms with Crippen molar-refractivity contribution < 1.29 is 4.79 Å². The summed E-state index contributed by atoms with van der Waals surface area (Å²) in [4.78, 5) is 31.9.